The van der Waals surface area contributed by atoms with E-state index >= 15 is 0 Å². The van der Waals surface area contributed by atoms with Gasteiger partial charge in [0.15, 0.2) is 11.4 Å². The third kappa shape index (κ3) is 2.64. The fourth-order valence-electron chi connectivity index (χ4n) is 3.76. The van der Waals surface area contributed by atoms with E-state index in [9.17, 15) is 9.59 Å². The number of aromatic nitrogens is 3. The van der Waals surface area contributed by atoms with Crippen LogP contribution in [0.15, 0.2) is 52.8 Å². The Balaban J connectivity index is 1.71. The Kier molecular flexibility index (Phi) is 3.77. The van der Waals surface area contributed by atoms with Crippen molar-refractivity contribution < 1.29 is 4.79 Å². The van der Waals surface area contributed by atoms with E-state index in [2.05, 4.69) is 10.1 Å². The molecule has 5 rings (SSSR count). The van der Waals surface area contributed by atoms with Crippen LogP contribution in [0.1, 0.15) is 33.1 Å². The zero-order chi connectivity index (χ0) is 18.5. The quantitative estimate of drug-likeness (QED) is 0.549. The smallest absolute Gasteiger partial charge is 0.281 e. The van der Waals surface area contributed by atoms with Gasteiger partial charge in [0.1, 0.15) is 0 Å². The van der Waals surface area contributed by atoms with Crippen molar-refractivity contribution in [1.29, 1.82) is 0 Å². The van der Waals surface area contributed by atoms with Gasteiger partial charge in [0, 0.05) is 34.0 Å². The van der Waals surface area contributed by atoms with Crippen molar-refractivity contribution in [3.63, 3.8) is 0 Å². The summed E-state index contributed by atoms with van der Waals surface area (Å²) in [5.74, 6) is 0.142. The molecule has 0 fully saturated rings. The SMILES string of the molecule is O=C1CC(c2cccs2)Cc2c1cnc1[nH]n(-c3cccc(Cl)c3)c(=O)c21. The highest BCUT2D eigenvalue weighted by Gasteiger charge is 2.30. The van der Waals surface area contributed by atoms with Crippen LogP contribution in [-0.4, -0.2) is 20.5 Å². The monoisotopic (exact) mass is 395 g/mol. The van der Waals surface area contributed by atoms with Crippen LogP contribution >= 0.6 is 22.9 Å². The Hall–Kier alpha value is -2.70. The first-order chi connectivity index (χ1) is 13.1. The molecule has 0 saturated heterocycles. The molecule has 0 saturated carbocycles. The molecule has 0 radical (unpaired) electrons. The molecule has 0 bridgehead atoms. The van der Waals surface area contributed by atoms with Gasteiger partial charge in [-0.15, -0.1) is 11.3 Å². The van der Waals surface area contributed by atoms with Gasteiger partial charge in [0.25, 0.3) is 5.56 Å². The number of H-pyrrole nitrogens is 1. The van der Waals surface area contributed by atoms with Gasteiger partial charge in [0.2, 0.25) is 0 Å². The molecule has 1 atom stereocenters. The first-order valence-corrected chi connectivity index (χ1v) is 9.82. The summed E-state index contributed by atoms with van der Waals surface area (Å²) < 4.78 is 1.43. The number of pyridine rings is 1. The maximum atomic E-state index is 13.2. The Morgan fingerprint density at radius 1 is 1.19 bits per heavy atom. The van der Waals surface area contributed by atoms with Crippen molar-refractivity contribution in [2.45, 2.75) is 18.8 Å². The molecule has 1 aromatic carbocycles. The van der Waals surface area contributed by atoms with E-state index in [4.69, 9.17) is 11.6 Å². The number of benzene rings is 1. The molecule has 1 N–H and O–H groups in total. The number of nitrogens with zero attached hydrogens (tertiary/aromatic N) is 2. The second-order valence-electron chi connectivity index (χ2n) is 6.65. The van der Waals surface area contributed by atoms with Gasteiger partial charge in [-0.1, -0.05) is 23.7 Å². The predicted molar refractivity (Wildman–Crippen MR) is 106 cm³/mol. The predicted octanol–water partition coefficient (Wildman–Crippen LogP) is 4.34. The maximum Gasteiger partial charge on any atom is 0.281 e. The summed E-state index contributed by atoms with van der Waals surface area (Å²) in [6.07, 6.45) is 2.69. The fraction of sp³-hybridized carbons (Fsp3) is 0.150. The molecule has 7 heteroatoms. The van der Waals surface area contributed by atoms with Crippen LogP contribution in [0.2, 0.25) is 5.02 Å². The number of hydrogen-bond acceptors (Lipinski definition) is 4. The second kappa shape index (κ2) is 6.18. The molecule has 3 heterocycles. The molecule has 134 valence electrons. The minimum atomic E-state index is -0.212. The summed E-state index contributed by atoms with van der Waals surface area (Å²) >= 11 is 7.71. The van der Waals surface area contributed by atoms with Crippen LogP contribution in [0.5, 0.6) is 0 Å². The number of carbonyl (C=O) groups excluding carboxylic acids is 1. The molecule has 0 aliphatic heterocycles. The molecule has 0 spiro atoms. The lowest BCUT2D eigenvalue weighted by Crippen LogP contribution is -2.21. The number of Topliss-reactive ketones (excluding diaryl/α,β-unsaturated/α-hetero) is 1. The van der Waals surface area contributed by atoms with Crippen LogP contribution in [0.3, 0.4) is 0 Å². The van der Waals surface area contributed by atoms with Gasteiger partial charge in [0.05, 0.1) is 11.1 Å². The average molecular weight is 396 g/mol. The van der Waals surface area contributed by atoms with Gasteiger partial charge < -0.3 is 0 Å². The van der Waals surface area contributed by atoms with Gasteiger partial charge in [-0.3, -0.25) is 14.7 Å². The second-order valence-corrected chi connectivity index (χ2v) is 8.07. The number of ketones is 1. The Morgan fingerprint density at radius 3 is 2.85 bits per heavy atom. The van der Waals surface area contributed by atoms with E-state index < -0.39 is 0 Å². The van der Waals surface area contributed by atoms with E-state index in [0.717, 1.165) is 5.56 Å². The summed E-state index contributed by atoms with van der Waals surface area (Å²) in [6.45, 7) is 0. The molecule has 1 unspecified atom stereocenters. The Labute approximate surface area is 163 Å². The van der Waals surface area contributed by atoms with Gasteiger partial charge in [-0.2, -0.15) is 0 Å². The third-order valence-corrected chi connectivity index (χ3v) is 6.29. The van der Waals surface area contributed by atoms with E-state index in [1.807, 2.05) is 17.5 Å². The standard InChI is InChI=1S/C20H14ClN3O2S/c21-12-3-1-4-13(9-12)24-20(26)18-14-7-11(17-5-2-6-27-17)8-16(25)15(14)10-22-19(18)23-24/h1-6,9-11H,7-8H2,(H,22,23). The normalized spacial score (nSPS) is 16.6. The minimum Gasteiger partial charge on any atom is -0.294 e. The number of carbonyl (C=O) groups is 1. The van der Waals surface area contributed by atoms with E-state index in [0.29, 0.717) is 40.1 Å². The van der Waals surface area contributed by atoms with Crippen LogP contribution in [0, 0.1) is 0 Å². The molecular weight excluding hydrogens is 382 g/mol. The number of thiophene rings is 1. The fourth-order valence-corrected chi connectivity index (χ4v) is 4.77. The zero-order valence-corrected chi connectivity index (χ0v) is 15.7. The number of fused-ring (bicyclic) bond motifs is 3. The number of rotatable bonds is 2. The van der Waals surface area contributed by atoms with Crippen molar-refractivity contribution in [2.24, 2.45) is 0 Å². The van der Waals surface area contributed by atoms with Crippen molar-refractivity contribution in [1.82, 2.24) is 14.8 Å². The van der Waals surface area contributed by atoms with Gasteiger partial charge in [-0.25, -0.2) is 9.67 Å². The van der Waals surface area contributed by atoms with Crippen LogP contribution in [0.4, 0.5) is 0 Å². The number of hydrogen-bond donors (Lipinski definition) is 1. The molecule has 1 aliphatic rings. The van der Waals surface area contributed by atoms with Crippen molar-refractivity contribution in [3.8, 4) is 5.69 Å². The third-order valence-electron chi connectivity index (χ3n) is 5.02. The van der Waals surface area contributed by atoms with E-state index in [1.165, 1.54) is 9.56 Å². The Bertz CT molecular complexity index is 1240. The van der Waals surface area contributed by atoms with E-state index in [-0.39, 0.29) is 17.3 Å². The molecule has 4 aromatic rings. The number of nitrogens with one attached hydrogen (secondary N) is 1. The Morgan fingerprint density at radius 2 is 2.07 bits per heavy atom. The summed E-state index contributed by atoms with van der Waals surface area (Å²) in [7, 11) is 0. The van der Waals surface area contributed by atoms with Crippen LogP contribution < -0.4 is 5.56 Å². The lowest BCUT2D eigenvalue weighted by Gasteiger charge is -2.22. The molecule has 3 aromatic heterocycles. The summed E-state index contributed by atoms with van der Waals surface area (Å²) in [5, 5.41) is 6.09. The summed E-state index contributed by atoms with van der Waals surface area (Å²) in [4.78, 5) is 31.4. The van der Waals surface area contributed by atoms with Crippen molar-refractivity contribution in [2.75, 3.05) is 0 Å². The first kappa shape index (κ1) is 16.5. The highest BCUT2D eigenvalue weighted by atomic mass is 35.5. The average Bonchev–Trinajstić information content (AvgIpc) is 3.30. The lowest BCUT2D eigenvalue weighted by atomic mass is 9.82. The molecule has 27 heavy (non-hydrogen) atoms. The van der Waals surface area contributed by atoms with Crippen molar-refractivity contribution in [3.05, 3.63) is 79.4 Å². The maximum absolute atomic E-state index is 13.2. The minimum absolute atomic E-state index is 0.0407. The molecular formula is C20H14ClN3O2S. The lowest BCUT2D eigenvalue weighted by molar-refractivity contribution is 0.0965. The first-order valence-electron chi connectivity index (χ1n) is 8.57. The van der Waals surface area contributed by atoms with Crippen LogP contribution in [0.25, 0.3) is 16.7 Å². The highest BCUT2D eigenvalue weighted by Crippen LogP contribution is 2.36. The van der Waals surface area contributed by atoms with Gasteiger partial charge in [-0.05, 0) is 41.6 Å². The van der Waals surface area contributed by atoms with Gasteiger partial charge >= 0.3 is 0 Å². The topological polar surface area (TPSA) is 67.8 Å². The highest BCUT2D eigenvalue weighted by molar-refractivity contribution is 7.10. The van der Waals surface area contributed by atoms with E-state index in [1.54, 1.807) is 41.8 Å². The number of halogens is 1. The largest absolute Gasteiger partial charge is 0.294 e. The molecule has 0 amide bonds. The van der Waals surface area contributed by atoms with Crippen LogP contribution in [-0.2, 0) is 6.42 Å². The summed E-state index contributed by atoms with van der Waals surface area (Å²) in [5.41, 5.74) is 2.26. The summed E-state index contributed by atoms with van der Waals surface area (Å²) in [6, 6.07) is 11.1. The number of aromatic amines is 1. The molecule has 1 aliphatic carbocycles. The van der Waals surface area contributed by atoms with Crippen molar-refractivity contribution >= 4 is 39.8 Å². The molecule has 5 nitrogen and oxygen atoms in total. The zero-order valence-electron chi connectivity index (χ0n) is 14.1.